The summed E-state index contributed by atoms with van der Waals surface area (Å²) in [6, 6.07) is 14.2. The maximum Gasteiger partial charge on any atom is 0.255 e. The summed E-state index contributed by atoms with van der Waals surface area (Å²) in [5, 5.41) is 10.2. The van der Waals surface area contributed by atoms with Crippen molar-refractivity contribution in [3.63, 3.8) is 0 Å². The van der Waals surface area contributed by atoms with Gasteiger partial charge >= 0.3 is 0 Å². The highest BCUT2D eigenvalue weighted by Crippen LogP contribution is 2.32. The molecule has 0 unspecified atom stereocenters. The summed E-state index contributed by atoms with van der Waals surface area (Å²) in [7, 11) is 0.382. The van der Waals surface area contributed by atoms with Crippen molar-refractivity contribution in [1.82, 2.24) is 15.1 Å². The molecule has 0 fully saturated rings. The zero-order valence-electron chi connectivity index (χ0n) is 18.9. The molecule has 176 valence electrons. The minimum Gasteiger partial charge on any atom is -0.497 e. The Morgan fingerprint density at radius 3 is 2.64 bits per heavy atom. The van der Waals surface area contributed by atoms with E-state index in [4.69, 9.17) is 9.47 Å². The van der Waals surface area contributed by atoms with Crippen LogP contribution in [0.25, 0.3) is 11.3 Å². The van der Waals surface area contributed by atoms with Crippen LogP contribution in [0.5, 0.6) is 11.5 Å². The zero-order chi connectivity index (χ0) is 23.8. The van der Waals surface area contributed by atoms with Crippen LogP contribution in [0.3, 0.4) is 0 Å². The van der Waals surface area contributed by atoms with Crippen molar-refractivity contribution in [1.29, 1.82) is 0 Å². The van der Waals surface area contributed by atoms with Gasteiger partial charge in [0.05, 0.1) is 18.6 Å². The largest absolute Gasteiger partial charge is 0.497 e. The minimum atomic E-state index is -3.00. The van der Waals surface area contributed by atoms with Gasteiger partial charge in [-0.05, 0) is 42.5 Å². The van der Waals surface area contributed by atoms with Crippen molar-refractivity contribution in [3.8, 4) is 22.8 Å². The van der Waals surface area contributed by atoms with Gasteiger partial charge in [0.1, 0.15) is 27.9 Å². The molecule has 0 saturated carbocycles. The van der Waals surface area contributed by atoms with E-state index < -0.39 is 9.84 Å². The molecule has 1 heterocycles. The first-order valence-electron chi connectivity index (χ1n) is 10.4. The number of carbonyl (C=O) groups is 1. The van der Waals surface area contributed by atoms with E-state index in [0.717, 1.165) is 11.3 Å². The van der Waals surface area contributed by atoms with E-state index in [9.17, 15) is 13.2 Å². The molecule has 0 spiro atoms. The summed E-state index contributed by atoms with van der Waals surface area (Å²) < 4.78 is 35.3. The Morgan fingerprint density at radius 1 is 1.12 bits per heavy atom. The first-order chi connectivity index (χ1) is 15.8. The number of anilines is 1. The molecule has 0 saturated heterocycles. The third kappa shape index (κ3) is 7.06. The number of aromatic nitrogens is 2. The number of rotatable bonds is 11. The van der Waals surface area contributed by atoms with Crippen molar-refractivity contribution >= 4 is 21.4 Å². The Morgan fingerprint density at radius 2 is 1.94 bits per heavy atom. The predicted molar refractivity (Wildman–Crippen MR) is 128 cm³/mol. The van der Waals surface area contributed by atoms with Gasteiger partial charge in [-0.1, -0.05) is 6.07 Å². The maximum absolute atomic E-state index is 12.7. The zero-order valence-corrected chi connectivity index (χ0v) is 19.7. The summed E-state index contributed by atoms with van der Waals surface area (Å²) in [5.74, 6) is 1.05. The molecular weight excluding hydrogens is 444 g/mol. The Kier molecular flexibility index (Phi) is 8.07. The second kappa shape index (κ2) is 11.0. The average Bonchev–Trinajstić information content (AvgIpc) is 3.21. The van der Waals surface area contributed by atoms with Gasteiger partial charge in [-0.25, -0.2) is 8.42 Å². The van der Waals surface area contributed by atoms with E-state index in [1.807, 2.05) is 19.2 Å². The third-order valence-electron chi connectivity index (χ3n) is 4.85. The van der Waals surface area contributed by atoms with Crippen LogP contribution in [0.15, 0.2) is 54.7 Å². The third-order valence-corrected chi connectivity index (χ3v) is 5.80. The first kappa shape index (κ1) is 24.3. The van der Waals surface area contributed by atoms with Crippen LogP contribution in [-0.2, 0) is 16.9 Å². The lowest BCUT2D eigenvalue weighted by Crippen LogP contribution is -2.26. The Balaban J connectivity index is 1.72. The highest BCUT2D eigenvalue weighted by molar-refractivity contribution is 7.90. The number of methoxy groups -OCH3 is 1. The van der Waals surface area contributed by atoms with Crippen molar-refractivity contribution in [2.75, 3.05) is 44.1 Å². The van der Waals surface area contributed by atoms with E-state index in [1.54, 1.807) is 54.4 Å². The maximum atomic E-state index is 12.7. The fourth-order valence-corrected chi connectivity index (χ4v) is 3.67. The lowest BCUT2D eigenvalue weighted by molar-refractivity contribution is 0.102. The molecule has 0 aliphatic heterocycles. The van der Waals surface area contributed by atoms with Gasteiger partial charge in [0.25, 0.3) is 5.91 Å². The van der Waals surface area contributed by atoms with Crippen molar-refractivity contribution in [2.45, 2.75) is 0 Å². The Bertz CT molecular complexity index is 1210. The van der Waals surface area contributed by atoms with Crippen molar-refractivity contribution in [2.24, 2.45) is 7.05 Å². The van der Waals surface area contributed by atoms with E-state index >= 15 is 0 Å². The molecule has 0 radical (unpaired) electrons. The molecule has 2 aromatic carbocycles. The van der Waals surface area contributed by atoms with Gasteiger partial charge in [0.2, 0.25) is 0 Å². The van der Waals surface area contributed by atoms with Crippen molar-refractivity contribution in [3.05, 3.63) is 60.3 Å². The number of hydrogen-bond acceptors (Lipinski definition) is 7. The number of benzene rings is 2. The SMILES string of the molecule is COc1cccc(C(=O)Nc2ccc(OCCNCCS(C)(=O)=O)c(-c3ccnn3C)c2)c1. The van der Waals surface area contributed by atoms with Crippen LogP contribution in [0.1, 0.15) is 10.4 Å². The summed E-state index contributed by atoms with van der Waals surface area (Å²) in [6.45, 7) is 1.21. The lowest BCUT2D eigenvalue weighted by atomic mass is 10.1. The van der Waals surface area contributed by atoms with Gasteiger partial charge in [0, 0.05) is 49.4 Å². The number of ether oxygens (including phenoxy) is 2. The second-order valence-corrected chi connectivity index (χ2v) is 9.73. The van der Waals surface area contributed by atoms with E-state index in [1.165, 1.54) is 6.26 Å². The standard InChI is InChI=1S/C23H28N4O5S/c1-27-21(9-10-25-27)20-16-18(26-23(28)17-5-4-6-19(15-17)31-2)7-8-22(20)32-13-11-24-12-14-33(3,29)30/h4-10,15-16,24H,11-14H2,1-3H3,(H,26,28). The first-order valence-corrected chi connectivity index (χ1v) is 12.4. The van der Waals surface area contributed by atoms with Crippen LogP contribution in [0.2, 0.25) is 0 Å². The van der Waals surface area contributed by atoms with Gasteiger partial charge in [0.15, 0.2) is 0 Å². The fourth-order valence-electron chi connectivity index (χ4n) is 3.16. The predicted octanol–water partition coefficient (Wildman–Crippen LogP) is 2.36. The lowest BCUT2D eigenvalue weighted by Gasteiger charge is -2.15. The molecule has 33 heavy (non-hydrogen) atoms. The number of nitrogens with zero attached hydrogens (tertiary/aromatic N) is 2. The van der Waals surface area contributed by atoms with E-state index in [0.29, 0.717) is 42.4 Å². The average molecular weight is 473 g/mol. The van der Waals surface area contributed by atoms with Crippen molar-refractivity contribution < 1.29 is 22.7 Å². The van der Waals surface area contributed by atoms with E-state index in [2.05, 4.69) is 15.7 Å². The number of sulfone groups is 1. The minimum absolute atomic E-state index is 0.0783. The van der Waals surface area contributed by atoms with Gasteiger partial charge in [-0.2, -0.15) is 5.10 Å². The quantitative estimate of drug-likeness (QED) is 0.412. The number of amides is 1. The fraction of sp³-hybridized carbons (Fsp3) is 0.304. The summed E-state index contributed by atoms with van der Waals surface area (Å²) in [6.07, 6.45) is 2.90. The summed E-state index contributed by atoms with van der Waals surface area (Å²) >= 11 is 0. The monoisotopic (exact) mass is 472 g/mol. The molecule has 0 bridgehead atoms. The molecular formula is C23H28N4O5S. The molecule has 0 atom stereocenters. The molecule has 2 N–H and O–H groups in total. The summed E-state index contributed by atoms with van der Waals surface area (Å²) in [4.78, 5) is 12.7. The number of nitrogens with one attached hydrogen (secondary N) is 2. The van der Waals surface area contributed by atoms with Gasteiger partial charge in [-0.3, -0.25) is 9.48 Å². The number of carbonyl (C=O) groups excluding carboxylic acids is 1. The Hall–Kier alpha value is -3.37. The molecule has 3 aromatic rings. The smallest absolute Gasteiger partial charge is 0.255 e. The summed E-state index contributed by atoms with van der Waals surface area (Å²) in [5.41, 5.74) is 2.69. The van der Waals surface area contributed by atoms with E-state index in [-0.39, 0.29) is 11.7 Å². The van der Waals surface area contributed by atoms with Crippen LogP contribution >= 0.6 is 0 Å². The molecule has 1 aromatic heterocycles. The Labute approximate surface area is 193 Å². The molecule has 9 nitrogen and oxygen atoms in total. The van der Waals surface area contributed by atoms with Gasteiger partial charge in [-0.15, -0.1) is 0 Å². The van der Waals surface area contributed by atoms with Crippen LogP contribution < -0.4 is 20.1 Å². The number of hydrogen-bond donors (Lipinski definition) is 2. The van der Waals surface area contributed by atoms with Gasteiger partial charge < -0.3 is 20.1 Å². The molecule has 1 amide bonds. The topological polar surface area (TPSA) is 112 Å². The normalized spacial score (nSPS) is 11.2. The van der Waals surface area contributed by atoms with Crippen LogP contribution in [-0.4, -0.2) is 62.9 Å². The molecule has 0 aliphatic rings. The molecule has 10 heteroatoms. The van der Waals surface area contributed by atoms with Crippen LogP contribution in [0, 0.1) is 0 Å². The number of aryl methyl sites for hydroxylation is 1. The highest BCUT2D eigenvalue weighted by Gasteiger charge is 2.14. The molecule has 0 aliphatic carbocycles. The van der Waals surface area contributed by atoms with Crippen LogP contribution in [0.4, 0.5) is 5.69 Å². The second-order valence-electron chi connectivity index (χ2n) is 7.47. The highest BCUT2D eigenvalue weighted by atomic mass is 32.2. The molecule has 3 rings (SSSR count).